The van der Waals surface area contributed by atoms with Crippen LogP contribution in [0.2, 0.25) is 0 Å². The van der Waals surface area contributed by atoms with Crippen molar-refractivity contribution in [3.8, 4) is 5.75 Å². The second kappa shape index (κ2) is 8.19. The van der Waals surface area contributed by atoms with Crippen LogP contribution in [0.4, 0.5) is 30.7 Å². The number of rotatable bonds is 4. The van der Waals surface area contributed by atoms with Gasteiger partial charge >= 0.3 is 12.5 Å². The normalized spacial score (nSPS) is 17.2. The summed E-state index contributed by atoms with van der Waals surface area (Å²) in [6.45, 7) is 2.31. The highest BCUT2D eigenvalue weighted by atomic mass is 19.4. The highest BCUT2D eigenvalue weighted by molar-refractivity contribution is 5.38. The van der Waals surface area contributed by atoms with Gasteiger partial charge in [-0.15, -0.1) is 13.2 Å². The molecule has 1 saturated heterocycles. The minimum absolute atomic E-state index is 0.280. The number of ether oxygens (including phenoxy) is 1. The summed E-state index contributed by atoms with van der Waals surface area (Å²) >= 11 is 0. The third-order valence-corrected chi connectivity index (χ3v) is 4.56. The summed E-state index contributed by atoms with van der Waals surface area (Å²) in [7, 11) is 0. The van der Waals surface area contributed by atoms with E-state index in [1.54, 1.807) is 0 Å². The summed E-state index contributed by atoms with van der Waals surface area (Å²) < 4.78 is 93.7. The molecule has 10 heteroatoms. The van der Waals surface area contributed by atoms with Crippen LogP contribution in [0.1, 0.15) is 22.7 Å². The molecule has 29 heavy (non-hydrogen) atoms. The van der Waals surface area contributed by atoms with Gasteiger partial charge in [0.25, 0.3) is 0 Å². The van der Waals surface area contributed by atoms with Crippen LogP contribution < -0.4 is 10.1 Å². The fraction of sp³-hybridized carbons (Fsp3) is 0.368. The smallest absolute Gasteiger partial charge is 0.406 e. The number of hydrogen-bond acceptors (Lipinski definition) is 3. The number of nitrogens with zero attached hydrogens (tertiary/aromatic N) is 1. The van der Waals surface area contributed by atoms with Crippen LogP contribution in [-0.4, -0.2) is 37.4 Å². The molecule has 0 aromatic heterocycles. The molecule has 1 heterocycles. The van der Waals surface area contributed by atoms with E-state index in [1.807, 2.05) is 4.90 Å². The van der Waals surface area contributed by atoms with Crippen molar-refractivity contribution < 1.29 is 35.5 Å². The molecule has 0 unspecified atom stereocenters. The van der Waals surface area contributed by atoms with E-state index >= 15 is 0 Å². The second-order valence-corrected chi connectivity index (χ2v) is 6.54. The monoisotopic (exact) mass is 422 g/mol. The van der Waals surface area contributed by atoms with Crippen LogP contribution in [0.3, 0.4) is 0 Å². The van der Waals surface area contributed by atoms with Gasteiger partial charge in [0.15, 0.2) is 0 Å². The van der Waals surface area contributed by atoms with Crippen molar-refractivity contribution in [1.29, 1.82) is 0 Å². The maximum Gasteiger partial charge on any atom is 0.573 e. The van der Waals surface area contributed by atoms with Crippen molar-refractivity contribution in [2.45, 2.75) is 18.6 Å². The molecule has 158 valence electrons. The molecule has 0 amide bonds. The van der Waals surface area contributed by atoms with Gasteiger partial charge in [0.2, 0.25) is 0 Å². The van der Waals surface area contributed by atoms with E-state index in [9.17, 15) is 30.7 Å². The lowest BCUT2D eigenvalue weighted by molar-refractivity contribution is -0.274. The van der Waals surface area contributed by atoms with E-state index in [-0.39, 0.29) is 5.56 Å². The average molecular weight is 422 g/mol. The number of benzene rings is 2. The van der Waals surface area contributed by atoms with Gasteiger partial charge in [-0.05, 0) is 35.4 Å². The maximum absolute atomic E-state index is 14.1. The van der Waals surface area contributed by atoms with E-state index in [0.717, 1.165) is 18.2 Å². The zero-order valence-electron chi connectivity index (χ0n) is 14.9. The Morgan fingerprint density at radius 3 is 1.97 bits per heavy atom. The third-order valence-electron chi connectivity index (χ3n) is 4.56. The molecule has 1 fully saturated rings. The Hall–Kier alpha value is -2.33. The van der Waals surface area contributed by atoms with Gasteiger partial charge in [-0.3, -0.25) is 4.90 Å². The zero-order valence-corrected chi connectivity index (χ0v) is 14.9. The lowest BCUT2D eigenvalue weighted by Crippen LogP contribution is -2.45. The molecule has 1 aliphatic heterocycles. The van der Waals surface area contributed by atoms with Crippen molar-refractivity contribution in [1.82, 2.24) is 10.2 Å². The Balaban J connectivity index is 1.96. The first-order valence-corrected chi connectivity index (χ1v) is 8.72. The molecule has 3 rings (SSSR count). The average Bonchev–Trinajstić information content (AvgIpc) is 2.62. The summed E-state index contributed by atoms with van der Waals surface area (Å²) in [4.78, 5) is 1.93. The minimum atomic E-state index is -4.84. The van der Waals surface area contributed by atoms with Crippen LogP contribution in [0.5, 0.6) is 5.75 Å². The summed E-state index contributed by atoms with van der Waals surface area (Å²) in [5, 5.41) is 3.14. The molecule has 1 atom stereocenters. The van der Waals surface area contributed by atoms with E-state index in [2.05, 4.69) is 10.1 Å². The van der Waals surface area contributed by atoms with Crippen LogP contribution in [-0.2, 0) is 6.18 Å². The molecular weight excluding hydrogens is 405 g/mol. The molecular formula is C19H17F7N2O. The van der Waals surface area contributed by atoms with Crippen molar-refractivity contribution in [3.63, 3.8) is 0 Å². The van der Waals surface area contributed by atoms with Gasteiger partial charge < -0.3 is 10.1 Å². The van der Waals surface area contributed by atoms with Gasteiger partial charge in [-0.2, -0.15) is 13.2 Å². The summed E-state index contributed by atoms with van der Waals surface area (Å²) in [6, 6.07) is 7.12. The minimum Gasteiger partial charge on any atom is -0.406 e. The molecule has 2 aromatic carbocycles. The van der Waals surface area contributed by atoms with E-state index in [1.165, 1.54) is 18.2 Å². The molecule has 3 nitrogen and oxygen atoms in total. The summed E-state index contributed by atoms with van der Waals surface area (Å²) in [5.41, 5.74) is -0.572. The Labute approximate surface area is 162 Å². The van der Waals surface area contributed by atoms with Crippen molar-refractivity contribution in [2.24, 2.45) is 0 Å². The number of piperazine rings is 1. The fourth-order valence-electron chi connectivity index (χ4n) is 3.34. The van der Waals surface area contributed by atoms with Crippen molar-refractivity contribution >= 4 is 0 Å². The molecule has 1 aliphatic rings. The van der Waals surface area contributed by atoms with Gasteiger partial charge in [-0.1, -0.05) is 18.2 Å². The highest BCUT2D eigenvalue weighted by Crippen LogP contribution is 2.36. The fourth-order valence-corrected chi connectivity index (χ4v) is 3.34. The molecule has 0 radical (unpaired) electrons. The molecule has 0 saturated carbocycles. The Kier molecular flexibility index (Phi) is 6.04. The molecule has 2 aromatic rings. The third kappa shape index (κ3) is 5.39. The second-order valence-electron chi connectivity index (χ2n) is 6.54. The first-order valence-electron chi connectivity index (χ1n) is 8.72. The van der Waals surface area contributed by atoms with Gasteiger partial charge in [0.05, 0.1) is 11.6 Å². The molecule has 0 spiro atoms. The predicted molar refractivity (Wildman–Crippen MR) is 90.8 cm³/mol. The van der Waals surface area contributed by atoms with Gasteiger partial charge in [-0.25, -0.2) is 4.39 Å². The van der Waals surface area contributed by atoms with Gasteiger partial charge in [0, 0.05) is 26.2 Å². The van der Waals surface area contributed by atoms with Crippen LogP contribution >= 0.6 is 0 Å². The van der Waals surface area contributed by atoms with Crippen LogP contribution in [0.25, 0.3) is 0 Å². The van der Waals surface area contributed by atoms with E-state index < -0.39 is 35.7 Å². The molecule has 0 bridgehead atoms. The van der Waals surface area contributed by atoms with Crippen molar-refractivity contribution in [2.75, 3.05) is 26.2 Å². The van der Waals surface area contributed by atoms with Crippen LogP contribution in [0.15, 0.2) is 42.5 Å². The number of halogens is 7. The predicted octanol–water partition coefficient (Wildman–Crippen LogP) is 4.74. The Morgan fingerprint density at radius 1 is 0.862 bits per heavy atom. The number of alkyl halides is 6. The lowest BCUT2D eigenvalue weighted by Gasteiger charge is -2.35. The summed E-state index contributed by atoms with van der Waals surface area (Å²) in [6.07, 6.45) is -9.65. The number of nitrogens with one attached hydrogen (secondary N) is 1. The first kappa shape index (κ1) is 21.4. The quantitative estimate of drug-likeness (QED) is 0.721. The van der Waals surface area contributed by atoms with Crippen molar-refractivity contribution in [3.05, 3.63) is 65.0 Å². The van der Waals surface area contributed by atoms with Gasteiger partial charge in [0.1, 0.15) is 11.6 Å². The maximum atomic E-state index is 14.1. The Bertz CT molecular complexity index is 828. The largest absolute Gasteiger partial charge is 0.573 e. The summed E-state index contributed by atoms with van der Waals surface area (Å²) in [5.74, 6) is -1.81. The SMILES string of the molecule is Fc1cc([C@H](c2ccc(OC(F)(F)F)cc2)N2CCNCC2)ccc1C(F)(F)F. The standard InChI is InChI=1S/C19H17F7N2O/c20-16-11-13(3-6-15(16)18(21,22)23)17(28-9-7-27-8-10-28)12-1-4-14(5-2-12)29-19(24,25)26/h1-6,11,17,27H,7-10H2/t17-/m0/s1. The first-order chi connectivity index (χ1) is 13.5. The highest BCUT2D eigenvalue weighted by Gasteiger charge is 2.35. The number of hydrogen-bond donors (Lipinski definition) is 1. The lowest BCUT2D eigenvalue weighted by atomic mass is 9.95. The molecule has 0 aliphatic carbocycles. The van der Waals surface area contributed by atoms with E-state index in [0.29, 0.717) is 37.8 Å². The zero-order chi connectivity index (χ0) is 21.2. The Morgan fingerprint density at radius 2 is 1.45 bits per heavy atom. The van der Waals surface area contributed by atoms with E-state index in [4.69, 9.17) is 0 Å². The topological polar surface area (TPSA) is 24.5 Å². The van der Waals surface area contributed by atoms with Crippen LogP contribution in [0, 0.1) is 5.82 Å². The molecule has 1 N–H and O–H groups in total.